The molecule has 19 heavy (non-hydrogen) atoms. The molecule has 2 aromatic rings. The molecule has 4 N–H and O–H groups in total. The summed E-state index contributed by atoms with van der Waals surface area (Å²) in [5, 5.41) is 3.26. The number of aromatic nitrogens is 3. The number of hydrogen-bond acceptors (Lipinski definition) is 8. The Morgan fingerprint density at radius 3 is 2.89 bits per heavy atom. The molecule has 0 aliphatic carbocycles. The lowest BCUT2D eigenvalue weighted by Crippen LogP contribution is -2.28. The van der Waals surface area contributed by atoms with E-state index in [0.717, 1.165) is 0 Å². The molecule has 0 fully saturated rings. The van der Waals surface area contributed by atoms with Gasteiger partial charge in [-0.05, 0) is 12.1 Å². The fourth-order valence-electron chi connectivity index (χ4n) is 1.38. The van der Waals surface area contributed by atoms with E-state index in [-0.39, 0.29) is 23.7 Å². The zero-order valence-corrected chi connectivity index (χ0v) is 10.6. The van der Waals surface area contributed by atoms with E-state index in [1.54, 1.807) is 6.07 Å². The normalized spacial score (nSPS) is 11.4. The van der Waals surface area contributed by atoms with Gasteiger partial charge in [0.15, 0.2) is 11.4 Å². The molecule has 0 unspecified atom stereocenters. The monoisotopic (exact) mass is 284 g/mol. The average molecular weight is 284 g/mol. The third-order valence-electron chi connectivity index (χ3n) is 2.22. The minimum absolute atomic E-state index is 0.116. The summed E-state index contributed by atoms with van der Waals surface area (Å²) in [6.45, 7) is 0.116. The van der Waals surface area contributed by atoms with Gasteiger partial charge in [-0.1, -0.05) is 5.16 Å². The van der Waals surface area contributed by atoms with Crippen LogP contribution in [-0.2, 0) is 16.4 Å². The fourth-order valence-corrected chi connectivity index (χ4v) is 2.51. The highest BCUT2D eigenvalue weighted by Gasteiger charge is 2.19. The van der Waals surface area contributed by atoms with Crippen LogP contribution in [0.2, 0.25) is 0 Å². The first-order valence-electron chi connectivity index (χ1n) is 5.30. The summed E-state index contributed by atoms with van der Waals surface area (Å²) in [5.41, 5.74) is 2.50. The maximum absolute atomic E-state index is 12.0. The number of hydrogen-bond donors (Lipinski definition) is 3. The molecule has 2 rings (SSSR count). The van der Waals surface area contributed by atoms with Crippen LogP contribution in [0.5, 0.6) is 0 Å². The van der Waals surface area contributed by atoms with E-state index < -0.39 is 10.0 Å². The number of nitrogens with zero attached hydrogens (tertiary/aromatic N) is 3. The van der Waals surface area contributed by atoms with Crippen LogP contribution >= 0.6 is 0 Å². The van der Waals surface area contributed by atoms with Gasteiger partial charge >= 0.3 is 0 Å². The average Bonchev–Trinajstić information content (AvgIpc) is 2.91. The van der Waals surface area contributed by atoms with Gasteiger partial charge in [0, 0.05) is 19.2 Å². The zero-order valence-electron chi connectivity index (χ0n) is 9.78. The van der Waals surface area contributed by atoms with Gasteiger partial charge in [-0.3, -0.25) is 5.84 Å². The molecule has 0 spiro atoms. The van der Waals surface area contributed by atoms with Gasteiger partial charge in [0.2, 0.25) is 5.89 Å². The zero-order chi connectivity index (χ0) is 13.7. The second-order valence-electron chi connectivity index (χ2n) is 3.48. The second kappa shape index (κ2) is 5.73. The number of anilines is 1. The topological polar surface area (TPSA) is 136 Å². The summed E-state index contributed by atoms with van der Waals surface area (Å²) in [4.78, 5) is 7.57. The van der Waals surface area contributed by atoms with E-state index in [4.69, 9.17) is 10.4 Å². The number of pyridine rings is 1. The van der Waals surface area contributed by atoms with E-state index in [2.05, 4.69) is 25.3 Å². The number of hydrazine groups is 1. The van der Waals surface area contributed by atoms with Crippen molar-refractivity contribution >= 4 is 15.7 Å². The van der Waals surface area contributed by atoms with E-state index in [0.29, 0.717) is 5.89 Å². The maximum Gasteiger partial charge on any atom is 0.260 e. The maximum atomic E-state index is 12.0. The molecule has 9 nitrogen and oxygen atoms in total. The molecule has 0 aliphatic rings. The first-order valence-corrected chi connectivity index (χ1v) is 6.78. The molecule has 0 amide bonds. The number of nitrogens with one attached hydrogen (secondary N) is 2. The summed E-state index contributed by atoms with van der Waals surface area (Å²) in [6, 6.07) is 3.09. The third kappa shape index (κ3) is 3.24. The van der Waals surface area contributed by atoms with Gasteiger partial charge in [-0.2, -0.15) is 4.98 Å². The SMILES string of the molecule is NNc1cccnc1S(=O)(=O)NCCc1ncno1. The lowest BCUT2D eigenvalue weighted by Gasteiger charge is -2.08. The molecule has 0 radical (unpaired) electrons. The molecule has 0 atom stereocenters. The Morgan fingerprint density at radius 1 is 1.37 bits per heavy atom. The van der Waals surface area contributed by atoms with Crippen LogP contribution in [0.25, 0.3) is 0 Å². The Bertz CT molecular complexity index is 627. The highest BCUT2D eigenvalue weighted by Crippen LogP contribution is 2.16. The Balaban J connectivity index is 2.05. The summed E-state index contributed by atoms with van der Waals surface area (Å²) >= 11 is 0. The van der Waals surface area contributed by atoms with E-state index in [9.17, 15) is 8.42 Å². The molecule has 0 bridgehead atoms. The highest BCUT2D eigenvalue weighted by molar-refractivity contribution is 7.89. The Kier molecular flexibility index (Phi) is 4.04. The van der Waals surface area contributed by atoms with Crippen molar-refractivity contribution < 1.29 is 12.9 Å². The van der Waals surface area contributed by atoms with Crippen LogP contribution in [0, 0.1) is 0 Å². The summed E-state index contributed by atoms with van der Waals surface area (Å²) in [5.74, 6) is 5.59. The number of rotatable bonds is 6. The van der Waals surface area contributed by atoms with Gasteiger partial charge in [-0.25, -0.2) is 18.1 Å². The van der Waals surface area contributed by atoms with E-state index in [1.165, 1.54) is 18.6 Å². The largest absolute Gasteiger partial charge is 0.340 e. The van der Waals surface area contributed by atoms with Gasteiger partial charge in [0.25, 0.3) is 10.0 Å². The van der Waals surface area contributed by atoms with E-state index >= 15 is 0 Å². The predicted octanol–water partition coefficient (Wildman–Crippen LogP) is -0.729. The van der Waals surface area contributed by atoms with Gasteiger partial charge < -0.3 is 9.95 Å². The van der Waals surface area contributed by atoms with Crippen molar-refractivity contribution in [3.8, 4) is 0 Å². The Morgan fingerprint density at radius 2 is 2.21 bits per heavy atom. The molecule has 2 heterocycles. The highest BCUT2D eigenvalue weighted by atomic mass is 32.2. The Labute approximate surface area is 109 Å². The molecule has 0 saturated heterocycles. The molecular formula is C9H12N6O3S. The van der Waals surface area contributed by atoms with Gasteiger partial charge in [0.05, 0.1) is 5.69 Å². The van der Waals surface area contributed by atoms with Crippen LogP contribution in [0.15, 0.2) is 34.2 Å². The Hall–Kier alpha value is -2.04. The van der Waals surface area contributed by atoms with Crippen LogP contribution in [-0.4, -0.2) is 30.1 Å². The quantitative estimate of drug-likeness (QED) is 0.466. The van der Waals surface area contributed by atoms with Crippen LogP contribution in [0.4, 0.5) is 5.69 Å². The smallest absolute Gasteiger partial charge is 0.260 e. The van der Waals surface area contributed by atoms with Gasteiger partial charge in [-0.15, -0.1) is 0 Å². The van der Waals surface area contributed by atoms with Crippen LogP contribution in [0.1, 0.15) is 5.89 Å². The first-order chi connectivity index (χ1) is 9.13. The lowest BCUT2D eigenvalue weighted by molar-refractivity contribution is 0.377. The molecular weight excluding hydrogens is 272 g/mol. The van der Waals surface area contributed by atoms with Crippen LogP contribution < -0.4 is 16.0 Å². The molecule has 102 valence electrons. The lowest BCUT2D eigenvalue weighted by atomic mass is 10.4. The minimum atomic E-state index is -3.75. The van der Waals surface area contributed by atoms with Crippen molar-refractivity contribution in [3.63, 3.8) is 0 Å². The van der Waals surface area contributed by atoms with Crippen molar-refractivity contribution in [1.82, 2.24) is 19.8 Å². The molecule has 10 heteroatoms. The number of nitrogen functional groups attached to an aromatic ring is 1. The first kappa shape index (κ1) is 13.4. The summed E-state index contributed by atoms with van der Waals surface area (Å²) < 4.78 is 31.1. The number of nitrogens with two attached hydrogens (primary N) is 1. The van der Waals surface area contributed by atoms with Crippen molar-refractivity contribution in [2.75, 3.05) is 12.0 Å². The second-order valence-corrected chi connectivity index (χ2v) is 5.17. The molecule has 0 saturated carbocycles. The molecule has 0 aliphatic heterocycles. The predicted molar refractivity (Wildman–Crippen MR) is 65.2 cm³/mol. The number of sulfonamides is 1. The van der Waals surface area contributed by atoms with Gasteiger partial charge in [0.1, 0.15) is 0 Å². The van der Waals surface area contributed by atoms with Crippen molar-refractivity contribution in [2.45, 2.75) is 11.4 Å². The van der Waals surface area contributed by atoms with Crippen molar-refractivity contribution in [2.24, 2.45) is 5.84 Å². The van der Waals surface area contributed by atoms with Crippen molar-refractivity contribution in [1.29, 1.82) is 0 Å². The summed E-state index contributed by atoms with van der Waals surface area (Å²) in [7, 11) is -3.75. The van der Waals surface area contributed by atoms with E-state index in [1.807, 2.05) is 0 Å². The third-order valence-corrected chi connectivity index (χ3v) is 3.64. The fraction of sp³-hybridized carbons (Fsp3) is 0.222. The summed E-state index contributed by atoms with van der Waals surface area (Å²) in [6.07, 6.45) is 2.91. The molecule has 0 aromatic carbocycles. The van der Waals surface area contributed by atoms with Crippen molar-refractivity contribution in [3.05, 3.63) is 30.5 Å². The minimum Gasteiger partial charge on any atom is -0.340 e. The molecule has 2 aromatic heterocycles. The standard InChI is InChI=1S/C9H12N6O3S/c10-15-7-2-1-4-11-9(7)19(16,17)14-5-3-8-12-6-13-18-8/h1-2,4,6,14-15H,3,5,10H2. The van der Waals surface area contributed by atoms with Crippen LogP contribution in [0.3, 0.4) is 0 Å².